The molecule has 0 saturated carbocycles. The van der Waals surface area contributed by atoms with E-state index in [2.05, 4.69) is 22.7 Å². The molecule has 0 spiro atoms. The first-order valence-electron chi connectivity index (χ1n) is 6.45. The molecule has 0 aliphatic carbocycles. The van der Waals surface area contributed by atoms with Crippen LogP contribution < -0.4 is 10.6 Å². The molecule has 1 aromatic carbocycles. The Morgan fingerprint density at radius 3 is 2.90 bits per heavy atom. The van der Waals surface area contributed by atoms with Crippen LogP contribution in [0.5, 0.6) is 0 Å². The lowest BCUT2D eigenvalue weighted by Crippen LogP contribution is -2.31. The lowest BCUT2D eigenvalue weighted by Gasteiger charge is -2.15. The van der Waals surface area contributed by atoms with Gasteiger partial charge in [-0.15, -0.1) is 0 Å². The second kappa shape index (κ2) is 6.72. The molecule has 0 aliphatic rings. The van der Waals surface area contributed by atoms with E-state index in [4.69, 9.17) is 23.8 Å². The number of anilines is 1. The maximum absolute atomic E-state index is 5.93. The number of aryl methyl sites for hydroxylation is 1. The Kier molecular flexibility index (Phi) is 4.98. The maximum atomic E-state index is 5.93. The summed E-state index contributed by atoms with van der Waals surface area (Å²) >= 11 is 11.2. The number of hydrogen-bond donors (Lipinski definition) is 2. The van der Waals surface area contributed by atoms with Crippen molar-refractivity contribution in [1.29, 1.82) is 0 Å². The summed E-state index contributed by atoms with van der Waals surface area (Å²) in [5, 5.41) is 12.0. The molecule has 0 bridgehead atoms. The van der Waals surface area contributed by atoms with Crippen molar-refractivity contribution < 1.29 is 0 Å². The van der Waals surface area contributed by atoms with Crippen LogP contribution in [0.3, 0.4) is 0 Å². The molecule has 2 N–H and O–H groups in total. The van der Waals surface area contributed by atoms with Gasteiger partial charge in [-0.05, 0) is 50.3 Å². The van der Waals surface area contributed by atoms with Gasteiger partial charge in [0.25, 0.3) is 0 Å². The monoisotopic (exact) mass is 308 g/mol. The van der Waals surface area contributed by atoms with Gasteiger partial charge in [0.2, 0.25) is 0 Å². The highest BCUT2D eigenvalue weighted by Gasteiger charge is 2.10. The third-order valence-corrected chi connectivity index (χ3v) is 3.31. The number of aromatic nitrogens is 2. The zero-order chi connectivity index (χ0) is 14.5. The molecule has 1 atom stereocenters. The second-order valence-electron chi connectivity index (χ2n) is 4.43. The van der Waals surface area contributed by atoms with Crippen molar-refractivity contribution in [2.45, 2.75) is 26.4 Å². The van der Waals surface area contributed by atoms with E-state index in [-0.39, 0.29) is 6.04 Å². The van der Waals surface area contributed by atoms with Gasteiger partial charge >= 0.3 is 0 Å². The molecular formula is C14H17ClN4S. The smallest absolute Gasteiger partial charge is 0.171 e. The molecule has 1 unspecified atom stereocenters. The summed E-state index contributed by atoms with van der Waals surface area (Å²) in [7, 11) is 0. The van der Waals surface area contributed by atoms with E-state index in [1.165, 1.54) is 0 Å². The molecule has 4 nitrogen and oxygen atoms in total. The van der Waals surface area contributed by atoms with E-state index < -0.39 is 0 Å². The van der Waals surface area contributed by atoms with Crippen LogP contribution in [-0.2, 0) is 6.54 Å². The van der Waals surface area contributed by atoms with Crippen LogP contribution in [0.4, 0.5) is 5.69 Å². The van der Waals surface area contributed by atoms with Crippen LogP contribution >= 0.6 is 23.8 Å². The Morgan fingerprint density at radius 2 is 2.25 bits per heavy atom. The lowest BCUT2D eigenvalue weighted by atomic mass is 10.2. The first-order valence-corrected chi connectivity index (χ1v) is 7.23. The topological polar surface area (TPSA) is 41.9 Å². The van der Waals surface area contributed by atoms with E-state index in [1.807, 2.05) is 48.1 Å². The fourth-order valence-corrected chi connectivity index (χ4v) is 2.27. The van der Waals surface area contributed by atoms with Crippen molar-refractivity contribution in [1.82, 2.24) is 15.1 Å². The molecule has 6 heteroatoms. The molecule has 20 heavy (non-hydrogen) atoms. The summed E-state index contributed by atoms with van der Waals surface area (Å²) in [4.78, 5) is 0. The highest BCUT2D eigenvalue weighted by Crippen LogP contribution is 2.15. The van der Waals surface area contributed by atoms with Crippen molar-refractivity contribution in [2.24, 2.45) is 0 Å². The summed E-state index contributed by atoms with van der Waals surface area (Å²) in [5.74, 6) is 0. The fraction of sp³-hybridized carbons (Fsp3) is 0.286. The van der Waals surface area contributed by atoms with Crippen LogP contribution in [0.1, 0.15) is 25.6 Å². The lowest BCUT2D eigenvalue weighted by molar-refractivity contribution is 0.613. The highest BCUT2D eigenvalue weighted by molar-refractivity contribution is 7.80. The average Bonchev–Trinajstić information content (AvgIpc) is 2.87. The van der Waals surface area contributed by atoms with Gasteiger partial charge in [-0.3, -0.25) is 4.68 Å². The summed E-state index contributed by atoms with van der Waals surface area (Å²) in [6.07, 6.45) is 1.96. The van der Waals surface area contributed by atoms with Gasteiger partial charge in [-0.1, -0.05) is 17.7 Å². The molecule has 0 aliphatic heterocycles. The minimum absolute atomic E-state index is 0.0435. The molecule has 1 heterocycles. The molecular weight excluding hydrogens is 292 g/mol. The summed E-state index contributed by atoms with van der Waals surface area (Å²) in [6, 6.07) is 9.47. The van der Waals surface area contributed by atoms with Crippen molar-refractivity contribution in [2.75, 3.05) is 5.32 Å². The maximum Gasteiger partial charge on any atom is 0.171 e. The van der Waals surface area contributed by atoms with Crippen molar-refractivity contribution in [3.63, 3.8) is 0 Å². The van der Waals surface area contributed by atoms with Crippen LogP contribution in [0, 0.1) is 0 Å². The number of hydrogen-bond acceptors (Lipinski definition) is 2. The molecule has 0 saturated heterocycles. The normalized spacial score (nSPS) is 11.9. The van der Waals surface area contributed by atoms with Crippen molar-refractivity contribution in [3.05, 3.63) is 47.2 Å². The Morgan fingerprint density at radius 1 is 1.45 bits per heavy atom. The first-order chi connectivity index (χ1) is 9.58. The van der Waals surface area contributed by atoms with Gasteiger partial charge in [0.05, 0.1) is 11.7 Å². The van der Waals surface area contributed by atoms with Gasteiger partial charge in [0.15, 0.2) is 5.11 Å². The highest BCUT2D eigenvalue weighted by atomic mass is 35.5. The van der Waals surface area contributed by atoms with E-state index in [9.17, 15) is 0 Å². The zero-order valence-corrected chi connectivity index (χ0v) is 13.0. The Balaban J connectivity index is 1.94. The van der Waals surface area contributed by atoms with Gasteiger partial charge in [0, 0.05) is 23.5 Å². The number of benzene rings is 1. The van der Waals surface area contributed by atoms with E-state index >= 15 is 0 Å². The third-order valence-electron chi connectivity index (χ3n) is 2.86. The van der Waals surface area contributed by atoms with Crippen molar-refractivity contribution >= 4 is 34.6 Å². The summed E-state index contributed by atoms with van der Waals surface area (Å²) < 4.78 is 1.89. The molecule has 0 radical (unpaired) electrons. The van der Waals surface area contributed by atoms with Crippen LogP contribution in [0.2, 0.25) is 5.02 Å². The number of rotatable bonds is 4. The first kappa shape index (κ1) is 14.8. The van der Waals surface area contributed by atoms with Crippen LogP contribution in [0.25, 0.3) is 0 Å². The SMILES string of the molecule is CCn1ccc(C(C)NC(=S)Nc2cccc(Cl)c2)n1. The summed E-state index contributed by atoms with van der Waals surface area (Å²) in [6.45, 7) is 4.94. The van der Waals surface area contributed by atoms with Crippen LogP contribution in [-0.4, -0.2) is 14.9 Å². The fourth-order valence-electron chi connectivity index (χ4n) is 1.79. The Labute approximate surface area is 129 Å². The minimum Gasteiger partial charge on any atom is -0.354 e. The molecule has 2 aromatic rings. The zero-order valence-electron chi connectivity index (χ0n) is 11.4. The molecule has 0 fully saturated rings. The number of nitrogens with one attached hydrogen (secondary N) is 2. The molecule has 1 aromatic heterocycles. The quantitative estimate of drug-likeness (QED) is 0.847. The number of halogens is 1. The van der Waals surface area contributed by atoms with E-state index in [1.54, 1.807) is 0 Å². The van der Waals surface area contributed by atoms with E-state index in [0.717, 1.165) is 17.9 Å². The third kappa shape index (κ3) is 3.95. The average molecular weight is 309 g/mol. The molecule has 2 rings (SSSR count). The van der Waals surface area contributed by atoms with E-state index in [0.29, 0.717) is 10.1 Å². The van der Waals surface area contributed by atoms with Gasteiger partial charge in [0.1, 0.15) is 0 Å². The standard InChI is InChI=1S/C14H17ClN4S/c1-3-19-8-7-13(18-19)10(2)16-14(20)17-12-6-4-5-11(15)9-12/h4-10H,3H2,1-2H3,(H2,16,17,20). The molecule has 0 amide bonds. The minimum atomic E-state index is 0.0435. The Hall–Kier alpha value is -1.59. The molecule has 106 valence electrons. The number of nitrogens with zero attached hydrogens (tertiary/aromatic N) is 2. The van der Waals surface area contributed by atoms with Crippen molar-refractivity contribution in [3.8, 4) is 0 Å². The predicted molar refractivity (Wildman–Crippen MR) is 87.1 cm³/mol. The van der Waals surface area contributed by atoms with Gasteiger partial charge in [-0.25, -0.2) is 0 Å². The van der Waals surface area contributed by atoms with Gasteiger partial charge in [-0.2, -0.15) is 5.10 Å². The predicted octanol–water partition coefficient (Wildman–Crippen LogP) is 3.60. The number of thiocarbonyl (C=S) groups is 1. The Bertz CT molecular complexity index is 596. The van der Waals surface area contributed by atoms with Gasteiger partial charge < -0.3 is 10.6 Å². The second-order valence-corrected chi connectivity index (χ2v) is 5.27. The van der Waals surface area contributed by atoms with Crippen LogP contribution in [0.15, 0.2) is 36.5 Å². The largest absolute Gasteiger partial charge is 0.354 e. The summed E-state index contributed by atoms with van der Waals surface area (Å²) in [5.41, 5.74) is 1.82.